The zero-order valence-electron chi connectivity index (χ0n) is 12.0. The molecule has 2 atom stereocenters. The Morgan fingerprint density at radius 3 is 2.71 bits per heavy atom. The molecule has 1 aliphatic carbocycles. The van der Waals surface area contributed by atoms with E-state index in [9.17, 15) is 23.1 Å². The maximum atomic E-state index is 12.0. The average molecular weight is 319 g/mol. The number of sulfonamides is 1. The Labute approximate surface area is 123 Å². The second-order valence-corrected chi connectivity index (χ2v) is 7.73. The molecule has 0 aromatic carbocycles. The maximum absolute atomic E-state index is 12.0. The standard InChI is InChI=1S/C12H21N3O5S/c1-13-21(19,20)6-5-14-11(18)15-7-9-3-2-4-12(9,8-15)10(16)17/h9,13H,2-8H2,1H3,(H,14,18)(H,16,17)/t9-,12+/m0/s1. The first-order valence-corrected chi connectivity index (χ1v) is 8.63. The lowest BCUT2D eigenvalue weighted by Gasteiger charge is -2.23. The number of likely N-dealkylation sites (tertiary alicyclic amines) is 1. The fourth-order valence-electron chi connectivity index (χ4n) is 3.30. The molecule has 0 radical (unpaired) electrons. The van der Waals surface area contributed by atoms with Crippen molar-refractivity contribution in [1.29, 1.82) is 0 Å². The molecule has 2 aliphatic rings. The number of hydrogen-bond acceptors (Lipinski definition) is 4. The first-order valence-electron chi connectivity index (χ1n) is 6.98. The molecule has 9 heteroatoms. The van der Waals surface area contributed by atoms with Gasteiger partial charge >= 0.3 is 12.0 Å². The molecule has 0 spiro atoms. The van der Waals surface area contributed by atoms with Crippen LogP contribution in [0.25, 0.3) is 0 Å². The van der Waals surface area contributed by atoms with Crippen LogP contribution in [-0.4, -0.2) is 62.9 Å². The van der Waals surface area contributed by atoms with Gasteiger partial charge in [0.25, 0.3) is 0 Å². The summed E-state index contributed by atoms with van der Waals surface area (Å²) in [6.45, 7) is 0.637. The SMILES string of the molecule is CNS(=O)(=O)CCNC(=O)N1C[C@@H]2CCC[C@@]2(C(=O)O)C1. The summed E-state index contributed by atoms with van der Waals surface area (Å²) in [5, 5.41) is 12.0. The summed E-state index contributed by atoms with van der Waals surface area (Å²) in [4.78, 5) is 25.0. The molecule has 2 rings (SSSR count). The smallest absolute Gasteiger partial charge is 0.317 e. The van der Waals surface area contributed by atoms with E-state index in [0.29, 0.717) is 13.0 Å². The second-order valence-electron chi connectivity index (χ2n) is 5.69. The number of carboxylic acid groups (broad SMARTS) is 1. The van der Waals surface area contributed by atoms with Crippen LogP contribution in [0.3, 0.4) is 0 Å². The van der Waals surface area contributed by atoms with E-state index in [-0.39, 0.29) is 24.8 Å². The van der Waals surface area contributed by atoms with Crippen LogP contribution >= 0.6 is 0 Å². The highest BCUT2D eigenvalue weighted by Gasteiger charge is 2.55. The molecule has 2 fully saturated rings. The van der Waals surface area contributed by atoms with Crippen LogP contribution in [0.4, 0.5) is 4.79 Å². The number of rotatable bonds is 5. The number of carboxylic acids is 1. The van der Waals surface area contributed by atoms with Crippen LogP contribution in [-0.2, 0) is 14.8 Å². The van der Waals surface area contributed by atoms with Crippen LogP contribution in [0.5, 0.6) is 0 Å². The van der Waals surface area contributed by atoms with Crippen LogP contribution in [0.2, 0.25) is 0 Å². The van der Waals surface area contributed by atoms with Gasteiger partial charge in [0.2, 0.25) is 10.0 Å². The Bertz CT molecular complexity index is 535. The summed E-state index contributed by atoms with van der Waals surface area (Å²) < 4.78 is 24.7. The number of carbonyl (C=O) groups excluding carboxylic acids is 1. The van der Waals surface area contributed by atoms with Crippen LogP contribution in [0, 0.1) is 11.3 Å². The molecule has 1 heterocycles. The van der Waals surface area contributed by atoms with Crippen LogP contribution < -0.4 is 10.0 Å². The highest BCUT2D eigenvalue weighted by Crippen LogP contribution is 2.48. The number of aliphatic carboxylic acids is 1. The van der Waals surface area contributed by atoms with Gasteiger partial charge in [0.05, 0.1) is 11.2 Å². The van der Waals surface area contributed by atoms with Crippen molar-refractivity contribution in [2.45, 2.75) is 19.3 Å². The highest BCUT2D eigenvalue weighted by molar-refractivity contribution is 7.89. The minimum atomic E-state index is -3.36. The van der Waals surface area contributed by atoms with Crippen LogP contribution in [0.1, 0.15) is 19.3 Å². The van der Waals surface area contributed by atoms with Crippen molar-refractivity contribution >= 4 is 22.0 Å². The third-order valence-electron chi connectivity index (χ3n) is 4.54. The highest BCUT2D eigenvalue weighted by atomic mass is 32.2. The average Bonchev–Trinajstić information content (AvgIpc) is 2.95. The minimum Gasteiger partial charge on any atom is -0.481 e. The third-order valence-corrected chi connectivity index (χ3v) is 5.91. The lowest BCUT2D eigenvalue weighted by atomic mass is 9.81. The molecular weight excluding hydrogens is 298 g/mol. The number of nitrogens with one attached hydrogen (secondary N) is 2. The first-order chi connectivity index (χ1) is 9.81. The molecule has 0 bridgehead atoms. The van der Waals surface area contributed by atoms with E-state index in [1.807, 2.05) is 0 Å². The van der Waals surface area contributed by atoms with E-state index >= 15 is 0 Å². The molecule has 21 heavy (non-hydrogen) atoms. The van der Waals surface area contributed by atoms with Crippen molar-refractivity contribution in [3.63, 3.8) is 0 Å². The van der Waals surface area contributed by atoms with E-state index in [4.69, 9.17) is 0 Å². The van der Waals surface area contributed by atoms with Gasteiger partial charge in [-0.05, 0) is 25.8 Å². The van der Waals surface area contributed by atoms with E-state index < -0.39 is 27.4 Å². The number of fused-ring (bicyclic) bond motifs is 1. The predicted octanol–water partition coefficient (Wildman–Crippen LogP) is -0.568. The number of carbonyl (C=O) groups is 2. The Morgan fingerprint density at radius 1 is 1.43 bits per heavy atom. The molecule has 8 nitrogen and oxygen atoms in total. The summed E-state index contributed by atoms with van der Waals surface area (Å²) in [6.07, 6.45) is 2.31. The van der Waals surface area contributed by atoms with Gasteiger partial charge < -0.3 is 15.3 Å². The molecule has 3 N–H and O–H groups in total. The van der Waals surface area contributed by atoms with E-state index in [0.717, 1.165) is 12.8 Å². The van der Waals surface area contributed by atoms with E-state index in [2.05, 4.69) is 10.0 Å². The Morgan fingerprint density at radius 2 is 2.14 bits per heavy atom. The summed E-state index contributed by atoms with van der Waals surface area (Å²) >= 11 is 0. The fourth-order valence-corrected chi connectivity index (χ4v) is 3.87. The van der Waals surface area contributed by atoms with Crippen molar-refractivity contribution in [1.82, 2.24) is 14.9 Å². The fraction of sp³-hybridized carbons (Fsp3) is 0.833. The normalized spacial score (nSPS) is 28.4. The van der Waals surface area contributed by atoms with Gasteiger partial charge in [0.1, 0.15) is 0 Å². The quantitative estimate of drug-likeness (QED) is 0.628. The molecule has 0 unspecified atom stereocenters. The maximum Gasteiger partial charge on any atom is 0.317 e. The van der Waals surface area contributed by atoms with E-state index in [1.165, 1.54) is 11.9 Å². The van der Waals surface area contributed by atoms with Crippen molar-refractivity contribution in [2.24, 2.45) is 11.3 Å². The number of urea groups is 1. The summed E-state index contributed by atoms with van der Waals surface area (Å²) in [7, 11) is -2.04. The molecular formula is C12H21N3O5S. The van der Waals surface area contributed by atoms with Gasteiger partial charge in [0.15, 0.2) is 0 Å². The first kappa shape index (κ1) is 16.0. The number of hydrogen-bond donors (Lipinski definition) is 3. The molecule has 0 aromatic heterocycles. The molecule has 2 amide bonds. The van der Waals surface area contributed by atoms with Gasteiger partial charge in [-0.3, -0.25) is 4.79 Å². The topological polar surface area (TPSA) is 116 Å². The summed E-state index contributed by atoms with van der Waals surface area (Å²) in [5.41, 5.74) is -0.811. The van der Waals surface area contributed by atoms with Crippen molar-refractivity contribution in [3.05, 3.63) is 0 Å². The van der Waals surface area contributed by atoms with Gasteiger partial charge in [-0.1, -0.05) is 6.42 Å². The van der Waals surface area contributed by atoms with Gasteiger partial charge in [0, 0.05) is 19.6 Å². The molecule has 0 aromatic rings. The zero-order valence-corrected chi connectivity index (χ0v) is 12.8. The lowest BCUT2D eigenvalue weighted by molar-refractivity contribution is -0.149. The van der Waals surface area contributed by atoms with Crippen molar-refractivity contribution in [2.75, 3.05) is 32.4 Å². The van der Waals surface area contributed by atoms with Crippen molar-refractivity contribution in [3.8, 4) is 0 Å². The number of amides is 2. The third kappa shape index (κ3) is 3.13. The van der Waals surface area contributed by atoms with Crippen LogP contribution in [0.15, 0.2) is 0 Å². The summed E-state index contributed by atoms with van der Waals surface area (Å²) in [6, 6.07) is -0.392. The van der Waals surface area contributed by atoms with Crippen molar-refractivity contribution < 1.29 is 23.1 Å². The Hall–Kier alpha value is -1.35. The minimum absolute atomic E-state index is 0.00166. The van der Waals surface area contributed by atoms with Gasteiger partial charge in [-0.2, -0.15) is 0 Å². The Kier molecular flexibility index (Phi) is 4.43. The zero-order chi connectivity index (χ0) is 15.7. The number of nitrogens with zero attached hydrogens (tertiary/aromatic N) is 1. The molecule has 120 valence electrons. The molecule has 1 aliphatic heterocycles. The largest absolute Gasteiger partial charge is 0.481 e. The Balaban J connectivity index is 1.90. The van der Waals surface area contributed by atoms with Gasteiger partial charge in [-0.25, -0.2) is 17.9 Å². The van der Waals surface area contributed by atoms with Gasteiger partial charge in [-0.15, -0.1) is 0 Å². The lowest BCUT2D eigenvalue weighted by Crippen LogP contribution is -2.43. The van der Waals surface area contributed by atoms with E-state index in [1.54, 1.807) is 0 Å². The monoisotopic (exact) mass is 319 g/mol. The summed E-state index contributed by atoms with van der Waals surface area (Å²) in [5.74, 6) is -1.03. The predicted molar refractivity (Wildman–Crippen MR) is 75.2 cm³/mol. The molecule has 1 saturated heterocycles. The molecule has 1 saturated carbocycles. The second kappa shape index (κ2) is 5.80.